The Hall–Kier alpha value is -1.55. The zero-order valence-electron chi connectivity index (χ0n) is 7.07. The quantitative estimate of drug-likeness (QED) is 0.582. The number of hydrogen-bond donors (Lipinski definition) is 0. The van der Waals surface area contributed by atoms with E-state index in [-0.39, 0.29) is 6.61 Å². The van der Waals surface area contributed by atoms with Gasteiger partial charge in [0, 0.05) is 0 Å². The fraction of sp³-hybridized carbons (Fsp3) is 0.625. The summed E-state index contributed by atoms with van der Waals surface area (Å²) in [6.45, 7) is 3.41. The first kappa shape index (κ1) is 10.4. The highest BCUT2D eigenvalue weighted by Gasteiger charge is 2.25. The Balaban J connectivity index is 4.29. The van der Waals surface area contributed by atoms with Gasteiger partial charge in [-0.2, -0.15) is 10.5 Å². The van der Waals surface area contributed by atoms with Crippen LogP contribution in [0.1, 0.15) is 13.8 Å². The van der Waals surface area contributed by atoms with Crippen LogP contribution in [0.15, 0.2) is 0 Å². The van der Waals surface area contributed by atoms with Crippen LogP contribution in [-0.2, 0) is 9.53 Å². The number of ether oxygens (including phenoxy) is 1. The van der Waals surface area contributed by atoms with Gasteiger partial charge in [0.15, 0.2) is 5.92 Å². The summed E-state index contributed by atoms with van der Waals surface area (Å²) in [4.78, 5) is 11.0. The molecule has 0 radical (unpaired) electrons. The normalized spacial score (nSPS) is 13.7. The van der Waals surface area contributed by atoms with Crippen LogP contribution in [0.3, 0.4) is 0 Å². The van der Waals surface area contributed by atoms with Gasteiger partial charge in [0.1, 0.15) is 0 Å². The Morgan fingerprint density at radius 1 is 1.50 bits per heavy atom. The van der Waals surface area contributed by atoms with Crippen molar-refractivity contribution in [1.29, 1.82) is 10.5 Å². The van der Waals surface area contributed by atoms with Crippen molar-refractivity contribution in [3.63, 3.8) is 0 Å². The van der Waals surface area contributed by atoms with E-state index in [9.17, 15) is 4.79 Å². The molecule has 0 saturated heterocycles. The second kappa shape index (κ2) is 5.15. The molecule has 0 aromatic rings. The SMILES string of the molecule is CCOC(=O)[C@@H](C#N)[C@H](C)C#N. The fourth-order valence-electron chi connectivity index (χ4n) is 0.675. The van der Waals surface area contributed by atoms with Crippen molar-refractivity contribution in [3.8, 4) is 12.1 Å². The van der Waals surface area contributed by atoms with Gasteiger partial charge in [-0.1, -0.05) is 0 Å². The second-order valence-electron chi connectivity index (χ2n) is 2.28. The first-order valence-corrected chi connectivity index (χ1v) is 3.63. The van der Waals surface area contributed by atoms with E-state index in [0.717, 1.165) is 0 Å². The van der Waals surface area contributed by atoms with Gasteiger partial charge in [0.05, 0.1) is 24.7 Å². The van der Waals surface area contributed by atoms with Gasteiger partial charge in [0.25, 0.3) is 0 Å². The zero-order valence-corrected chi connectivity index (χ0v) is 7.07. The Labute approximate surface area is 71.4 Å². The summed E-state index contributed by atoms with van der Waals surface area (Å²) in [7, 11) is 0. The molecule has 0 heterocycles. The predicted octanol–water partition coefficient (Wildman–Crippen LogP) is 0.849. The van der Waals surface area contributed by atoms with Crippen molar-refractivity contribution in [2.24, 2.45) is 11.8 Å². The maximum atomic E-state index is 11.0. The summed E-state index contributed by atoms with van der Waals surface area (Å²) in [5.41, 5.74) is 0. The zero-order chi connectivity index (χ0) is 9.56. The molecule has 4 nitrogen and oxygen atoms in total. The van der Waals surface area contributed by atoms with Gasteiger partial charge < -0.3 is 4.74 Å². The minimum atomic E-state index is -0.963. The molecule has 0 aliphatic rings. The molecule has 0 aliphatic heterocycles. The number of nitrogens with zero attached hydrogens (tertiary/aromatic N) is 2. The number of nitriles is 2. The molecule has 4 heteroatoms. The molecule has 0 N–H and O–H groups in total. The summed E-state index contributed by atoms with van der Waals surface area (Å²) < 4.78 is 4.61. The largest absolute Gasteiger partial charge is 0.465 e. The highest BCUT2D eigenvalue weighted by molar-refractivity contribution is 5.75. The lowest BCUT2D eigenvalue weighted by molar-refractivity contribution is -0.146. The van der Waals surface area contributed by atoms with Crippen molar-refractivity contribution in [2.45, 2.75) is 13.8 Å². The second-order valence-corrected chi connectivity index (χ2v) is 2.28. The smallest absolute Gasteiger partial charge is 0.324 e. The topological polar surface area (TPSA) is 73.9 Å². The summed E-state index contributed by atoms with van der Waals surface area (Å²) in [5, 5.41) is 17.0. The third-order valence-corrected chi connectivity index (χ3v) is 1.38. The molecule has 0 unspecified atom stereocenters. The van der Waals surface area contributed by atoms with Crippen molar-refractivity contribution in [3.05, 3.63) is 0 Å². The standard InChI is InChI=1S/C8H10N2O2/c1-3-12-8(11)7(5-10)6(2)4-9/h6-7H,3H2,1-2H3/t6-,7+/m1/s1. The number of esters is 1. The van der Waals surface area contributed by atoms with E-state index in [2.05, 4.69) is 4.74 Å². The minimum Gasteiger partial charge on any atom is -0.465 e. The molecule has 0 fully saturated rings. The first-order chi connectivity index (χ1) is 5.67. The lowest BCUT2D eigenvalue weighted by Gasteiger charge is -2.08. The van der Waals surface area contributed by atoms with Gasteiger partial charge in [-0.05, 0) is 13.8 Å². The molecule has 0 spiro atoms. The lowest BCUT2D eigenvalue weighted by atomic mass is 9.97. The van der Waals surface area contributed by atoms with E-state index in [4.69, 9.17) is 10.5 Å². The van der Waals surface area contributed by atoms with Gasteiger partial charge in [-0.3, -0.25) is 4.79 Å². The van der Waals surface area contributed by atoms with E-state index in [1.807, 2.05) is 6.07 Å². The number of rotatable bonds is 3. The average molecular weight is 166 g/mol. The van der Waals surface area contributed by atoms with Crippen LogP contribution in [0.5, 0.6) is 0 Å². The number of carbonyl (C=O) groups excluding carboxylic acids is 1. The van der Waals surface area contributed by atoms with Crippen molar-refractivity contribution >= 4 is 5.97 Å². The van der Waals surface area contributed by atoms with E-state index in [0.29, 0.717) is 0 Å². The molecule has 0 rings (SSSR count). The van der Waals surface area contributed by atoms with Crippen molar-refractivity contribution < 1.29 is 9.53 Å². The fourth-order valence-corrected chi connectivity index (χ4v) is 0.675. The molecule has 0 saturated carbocycles. The lowest BCUT2D eigenvalue weighted by Crippen LogP contribution is -2.21. The molecule has 0 aliphatic carbocycles. The van der Waals surface area contributed by atoms with Gasteiger partial charge in [0.2, 0.25) is 0 Å². The van der Waals surface area contributed by atoms with Crippen LogP contribution in [0.2, 0.25) is 0 Å². The van der Waals surface area contributed by atoms with Crippen LogP contribution in [0.25, 0.3) is 0 Å². The molecule has 0 aromatic heterocycles. The van der Waals surface area contributed by atoms with Crippen LogP contribution in [0.4, 0.5) is 0 Å². The Bertz CT molecular complexity index is 236. The predicted molar refractivity (Wildman–Crippen MR) is 40.5 cm³/mol. The molecule has 0 amide bonds. The molecular formula is C8H10N2O2. The first-order valence-electron chi connectivity index (χ1n) is 3.63. The Morgan fingerprint density at radius 3 is 2.42 bits per heavy atom. The molecule has 12 heavy (non-hydrogen) atoms. The Kier molecular flexibility index (Phi) is 4.48. The van der Waals surface area contributed by atoms with Crippen molar-refractivity contribution in [2.75, 3.05) is 6.61 Å². The number of carbonyl (C=O) groups is 1. The summed E-state index contributed by atoms with van der Waals surface area (Å²) in [5.74, 6) is -2.20. The monoisotopic (exact) mass is 166 g/mol. The van der Waals surface area contributed by atoms with Crippen molar-refractivity contribution in [1.82, 2.24) is 0 Å². The van der Waals surface area contributed by atoms with E-state index >= 15 is 0 Å². The third kappa shape index (κ3) is 2.59. The molecule has 0 bridgehead atoms. The van der Waals surface area contributed by atoms with Crippen LogP contribution in [-0.4, -0.2) is 12.6 Å². The van der Waals surface area contributed by atoms with E-state index < -0.39 is 17.8 Å². The molecule has 2 atom stereocenters. The number of hydrogen-bond acceptors (Lipinski definition) is 4. The van der Waals surface area contributed by atoms with Gasteiger partial charge in [-0.15, -0.1) is 0 Å². The maximum Gasteiger partial charge on any atom is 0.324 e. The Morgan fingerprint density at radius 2 is 2.08 bits per heavy atom. The van der Waals surface area contributed by atoms with E-state index in [1.54, 1.807) is 13.0 Å². The van der Waals surface area contributed by atoms with Crippen LogP contribution >= 0.6 is 0 Å². The van der Waals surface area contributed by atoms with Crippen LogP contribution in [0, 0.1) is 34.5 Å². The highest BCUT2D eigenvalue weighted by atomic mass is 16.5. The summed E-state index contributed by atoms with van der Waals surface area (Å²) >= 11 is 0. The van der Waals surface area contributed by atoms with Crippen LogP contribution < -0.4 is 0 Å². The average Bonchev–Trinajstić information content (AvgIpc) is 2.06. The summed E-state index contributed by atoms with van der Waals surface area (Å²) in [6.07, 6.45) is 0. The molecule has 0 aromatic carbocycles. The van der Waals surface area contributed by atoms with Gasteiger partial charge in [-0.25, -0.2) is 0 Å². The minimum absolute atomic E-state index is 0.231. The maximum absolute atomic E-state index is 11.0. The summed E-state index contributed by atoms with van der Waals surface area (Å²) in [6, 6.07) is 3.57. The third-order valence-electron chi connectivity index (χ3n) is 1.38. The van der Waals surface area contributed by atoms with Gasteiger partial charge >= 0.3 is 5.97 Å². The molecular weight excluding hydrogens is 156 g/mol. The molecule has 64 valence electrons. The highest BCUT2D eigenvalue weighted by Crippen LogP contribution is 2.11. The van der Waals surface area contributed by atoms with E-state index in [1.165, 1.54) is 6.92 Å².